The van der Waals surface area contributed by atoms with Crippen molar-refractivity contribution in [1.29, 1.82) is 0 Å². The van der Waals surface area contributed by atoms with Gasteiger partial charge in [0.05, 0.1) is 6.61 Å². The molecule has 0 aliphatic carbocycles. The van der Waals surface area contributed by atoms with Crippen molar-refractivity contribution >= 4 is 38.5 Å². The summed E-state index contributed by atoms with van der Waals surface area (Å²) in [7, 11) is 0. The Morgan fingerprint density at radius 3 is 2.93 bits per heavy atom. The minimum absolute atomic E-state index is 0.642. The van der Waals surface area contributed by atoms with Gasteiger partial charge in [0, 0.05) is 20.0 Å². The van der Waals surface area contributed by atoms with E-state index >= 15 is 0 Å². The van der Waals surface area contributed by atoms with Crippen LogP contribution in [0, 0.1) is 3.57 Å². The van der Waals surface area contributed by atoms with E-state index in [1.165, 1.54) is 0 Å². The summed E-state index contributed by atoms with van der Waals surface area (Å²) < 4.78 is 7.37. The second kappa shape index (κ2) is 4.84. The van der Waals surface area contributed by atoms with Crippen LogP contribution in [0.4, 0.5) is 0 Å². The molecule has 1 atom stereocenters. The highest BCUT2D eigenvalue weighted by Crippen LogP contribution is 2.31. The summed E-state index contributed by atoms with van der Waals surface area (Å²) in [6.45, 7) is 0.678. The largest absolute Gasteiger partial charge is 0.495 e. The topological polar surface area (TPSA) is 29.5 Å². The standard InChI is InChI=1S/C11H10BrIO2/c12-7-3-4-9(13)8(6-7)11(14)10-2-1-5-15-10/h2-4,6,11,14H,1,5H2. The van der Waals surface area contributed by atoms with Gasteiger partial charge in [-0.25, -0.2) is 0 Å². The molecule has 2 rings (SSSR count). The predicted octanol–water partition coefficient (Wildman–Crippen LogP) is 3.39. The number of hydrogen-bond donors (Lipinski definition) is 1. The van der Waals surface area contributed by atoms with Crippen LogP contribution in [-0.2, 0) is 4.74 Å². The Labute approximate surface area is 111 Å². The molecule has 0 aromatic heterocycles. The van der Waals surface area contributed by atoms with Gasteiger partial charge in [0.1, 0.15) is 11.9 Å². The minimum Gasteiger partial charge on any atom is -0.495 e. The van der Waals surface area contributed by atoms with Gasteiger partial charge in [-0.3, -0.25) is 0 Å². The van der Waals surface area contributed by atoms with Crippen molar-refractivity contribution in [3.05, 3.63) is 43.6 Å². The van der Waals surface area contributed by atoms with Gasteiger partial charge < -0.3 is 9.84 Å². The molecule has 80 valence electrons. The molecular formula is C11H10BrIO2. The Morgan fingerprint density at radius 2 is 2.27 bits per heavy atom. The van der Waals surface area contributed by atoms with Crippen LogP contribution in [0.3, 0.4) is 0 Å². The van der Waals surface area contributed by atoms with Crippen molar-refractivity contribution < 1.29 is 9.84 Å². The highest BCUT2D eigenvalue weighted by Gasteiger charge is 2.20. The van der Waals surface area contributed by atoms with Crippen molar-refractivity contribution in [2.24, 2.45) is 0 Å². The van der Waals surface area contributed by atoms with E-state index in [0.29, 0.717) is 12.4 Å². The highest BCUT2D eigenvalue weighted by molar-refractivity contribution is 14.1. The Balaban J connectivity index is 2.31. The summed E-state index contributed by atoms with van der Waals surface area (Å²) in [6.07, 6.45) is 2.19. The van der Waals surface area contributed by atoms with Gasteiger partial charge in [0.25, 0.3) is 0 Å². The van der Waals surface area contributed by atoms with Crippen LogP contribution >= 0.6 is 38.5 Å². The van der Waals surface area contributed by atoms with Crippen molar-refractivity contribution in [3.8, 4) is 0 Å². The third-order valence-corrected chi connectivity index (χ3v) is 3.73. The third-order valence-electron chi connectivity index (χ3n) is 2.25. The van der Waals surface area contributed by atoms with E-state index in [9.17, 15) is 5.11 Å². The lowest BCUT2D eigenvalue weighted by Gasteiger charge is -2.14. The molecule has 0 fully saturated rings. The second-order valence-electron chi connectivity index (χ2n) is 3.31. The first-order chi connectivity index (χ1) is 7.18. The summed E-state index contributed by atoms with van der Waals surface area (Å²) in [6, 6.07) is 5.86. The summed E-state index contributed by atoms with van der Waals surface area (Å²) in [5, 5.41) is 10.1. The first kappa shape index (κ1) is 11.4. The normalized spacial score (nSPS) is 17.1. The van der Waals surface area contributed by atoms with Crippen LogP contribution in [0.5, 0.6) is 0 Å². The zero-order valence-electron chi connectivity index (χ0n) is 7.91. The van der Waals surface area contributed by atoms with E-state index in [1.807, 2.05) is 24.3 Å². The number of benzene rings is 1. The quantitative estimate of drug-likeness (QED) is 0.797. The molecule has 1 aromatic rings. The highest BCUT2D eigenvalue weighted by atomic mass is 127. The molecule has 1 unspecified atom stereocenters. The van der Waals surface area contributed by atoms with Crippen LogP contribution in [0.2, 0.25) is 0 Å². The van der Waals surface area contributed by atoms with Crippen molar-refractivity contribution in [2.45, 2.75) is 12.5 Å². The average molecular weight is 381 g/mol. The molecule has 15 heavy (non-hydrogen) atoms. The Kier molecular flexibility index (Phi) is 3.69. The first-order valence-electron chi connectivity index (χ1n) is 4.64. The zero-order valence-corrected chi connectivity index (χ0v) is 11.7. The molecule has 0 bridgehead atoms. The van der Waals surface area contributed by atoms with Gasteiger partial charge in [-0.05, 0) is 46.9 Å². The zero-order chi connectivity index (χ0) is 10.8. The first-order valence-corrected chi connectivity index (χ1v) is 6.51. The molecule has 1 N–H and O–H groups in total. The number of ether oxygens (including phenoxy) is 1. The van der Waals surface area contributed by atoms with Crippen LogP contribution in [-0.4, -0.2) is 11.7 Å². The number of aliphatic hydroxyl groups excluding tert-OH is 1. The second-order valence-corrected chi connectivity index (χ2v) is 5.39. The Bertz CT molecular complexity index is 404. The lowest BCUT2D eigenvalue weighted by Crippen LogP contribution is -2.04. The van der Waals surface area contributed by atoms with Gasteiger partial charge in [-0.2, -0.15) is 0 Å². The van der Waals surface area contributed by atoms with Crippen molar-refractivity contribution in [3.63, 3.8) is 0 Å². The van der Waals surface area contributed by atoms with E-state index in [1.54, 1.807) is 0 Å². The van der Waals surface area contributed by atoms with Gasteiger partial charge in [-0.1, -0.05) is 15.9 Å². The maximum absolute atomic E-state index is 10.1. The van der Waals surface area contributed by atoms with Crippen LogP contribution in [0.25, 0.3) is 0 Å². The SMILES string of the molecule is OC(C1=CCCO1)c1cc(Br)ccc1I. The number of halogens is 2. The molecule has 1 aliphatic heterocycles. The van der Waals surface area contributed by atoms with E-state index in [-0.39, 0.29) is 0 Å². The maximum atomic E-state index is 10.1. The van der Waals surface area contributed by atoms with E-state index < -0.39 is 6.10 Å². The third kappa shape index (κ3) is 2.54. The number of hydrogen-bond acceptors (Lipinski definition) is 2. The molecule has 2 nitrogen and oxygen atoms in total. The predicted molar refractivity (Wildman–Crippen MR) is 70.5 cm³/mol. The van der Waals surface area contributed by atoms with Gasteiger partial charge >= 0.3 is 0 Å². The maximum Gasteiger partial charge on any atom is 0.137 e. The molecule has 0 amide bonds. The van der Waals surface area contributed by atoms with Crippen LogP contribution in [0.15, 0.2) is 34.5 Å². The molecule has 0 radical (unpaired) electrons. The fourth-order valence-electron chi connectivity index (χ4n) is 1.50. The summed E-state index contributed by atoms with van der Waals surface area (Å²) >= 11 is 5.61. The smallest absolute Gasteiger partial charge is 0.137 e. The summed E-state index contributed by atoms with van der Waals surface area (Å²) in [5.41, 5.74) is 0.887. The molecule has 0 spiro atoms. The fourth-order valence-corrected chi connectivity index (χ4v) is 2.51. The molecular weight excluding hydrogens is 371 g/mol. The molecule has 4 heteroatoms. The number of aliphatic hydroxyl groups is 1. The van der Waals surface area contributed by atoms with Crippen LogP contribution in [0.1, 0.15) is 18.1 Å². The van der Waals surface area contributed by atoms with Crippen molar-refractivity contribution in [2.75, 3.05) is 6.61 Å². The van der Waals surface area contributed by atoms with E-state index in [4.69, 9.17) is 4.74 Å². The minimum atomic E-state index is -0.642. The lowest BCUT2D eigenvalue weighted by molar-refractivity contribution is 0.118. The van der Waals surface area contributed by atoms with Gasteiger partial charge in [-0.15, -0.1) is 0 Å². The fraction of sp³-hybridized carbons (Fsp3) is 0.273. The molecule has 1 aliphatic rings. The molecule has 0 saturated carbocycles. The van der Waals surface area contributed by atoms with Gasteiger partial charge in [0.15, 0.2) is 0 Å². The summed E-state index contributed by atoms with van der Waals surface area (Å²) in [5.74, 6) is 0.672. The van der Waals surface area contributed by atoms with Crippen molar-refractivity contribution in [1.82, 2.24) is 0 Å². The summed E-state index contributed by atoms with van der Waals surface area (Å²) in [4.78, 5) is 0. The van der Waals surface area contributed by atoms with Crippen LogP contribution < -0.4 is 0 Å². The number of rotatable bonds is 2. The Hall–Kier alpha value is -0.0700. The lowest BCUT2D eigenvalue weighted by atomic mass is 10.1. The molecule has 1 aromatic carbocycles. The average Bonchev–Trinajstić information content (AvgIpc) is 2.74. The molecule has 1 heterocycles. The molecule has 0 saturated heterocycles. The Morgan fingerprint density at radius 1 is 1.47 bits per heavy atom. The van der Waals surface area contributed by atoms with Gasteiger partial charge in [0.2, 0.25) is 0 Å². The van der Waals surface area contributed by atoms with E-state index in [2.05, 4.69) is 38.5 Å². The monoisotopic (exact) mass is 380 g/mol. The van der Waals surface area contributed by atoms with E-state index in [0.717, 1.165) is 20.0 Å².